The van der Waals surface area contributed by atoms with Crippen molar-refractivity contribution < 1.29 is 4.85 Å². The Morgan fingerprint density at radius 1 is 1.23 bits per heavy atom. The molecule has 6 heteroatoms. The Morgan fingerprint density at radius 3 is 2.77 bits per heavy atom. The summed E-state index contributed by atoms with van der Waals surface area (Å²) in [6, 6.07) is 3.90. The number of piperidine rings is 1. The van der Waals surface area contributed by atoms with Crippen LogP contribution in [0.5, 0.6) is 0 Å². The average Bonchev–Trinajstić information content (AvgIpc) is 2.47. The Bertz CT molecular complexity index is 667. The maximum absolute atomic E-state index is 12.1. The smallest absolute Gasteiger partial charge is 0.290 e. The van der Waals surface area contributed by atoms with Crippen molar-refractivity contribution in [1.29, 1.82) is 0 Å². The number of hydrogen-bond acceptors (Lipinski definition) is 5. The quantitative estimate of drug-likeness (QED) is 0.688. The Labute approximate surface area is 130 Å². The van der Waals surface area contributed by atoms with Crippen molar-refractivity contribution in [3.05, 3.63) is 28.5 Å². The zero-order valence-corrected chi connectivity index (χ0v) is 13.3. The molecule has 1 aliphatic heterocycles. The van der Waals surface area contributed by atoms with E-state index < -0.39 is 0 Å². The summed E-state index contributed by atoms with van der Waals surface area (Å²) in [4.78, 5) is 7.60. The minimum Gasteiger partial charge on any atom is -0.594 e. The van der Waals surface area contributed by atoms with Crippen molar-refractivity contribution in [3.63, 3.8) is 0 Å². The highest BCUT2D eigenvalue weighted by molar-refractivity contribution is 5.76. The first-order valence-electron chi connectivity index (χ1n) is 7.98. The molecule has 118 valence electrons. The predicted octanol–water partition coefficient (Wildman–Crippen LogP) is 1.78. The highest BCUT2D eigenvalue weighted by Crippen LogP contribution is 2.16. The molecular weight excluding hydrogens is 278 g/mol. The number of aromatic nitrogens is 3. The molecule has 0 amide bonds. The number of rotatable bonds is 4. The van der Waals surface area contributed by atoms with Crippen LogP contribution in [0.15, 0.2) is 12.1 Å². The monoisotopic (exact) mass is 301 g/mol. The second-order valence-corrected chi connectivity index (χ2v) is 6.09. The van der Waals surface area contributed by atoms with Crippen LogP contribution in [0.1, 0.15) is 30.4 Å². The fourth-order valence-electron chi connectivity index (χ4n) is 3.13. The summed E-state index contributed by atoms with van der Waals surface area (Å²) in [5.41, 5.74) is 3.25. The van der Waals surface area contributed by atoms with Gasteiger partial charge in [0.05, 0.1) is 5.10 Å². The molecular formula is C16H23N5O. The zero-order chi connectivity index (χ0) is 15.5. The van der Waals surface area contributed by atoms with E-state index >= 15 is 0 Å². The molecule has 3 rings (SSSR count). The first kappa shape index (κ1) is 15.0. The van der Waals surface area contributed by atoms with Crippen molar-refractivity contribution in [2.45, 2.75) is 33.1 Å². The van der Waals surface area contributed by atoms with E-state index in [1.807, 2.05) is 26.0 Å². The summed E-state index contributed by atoms with van der Waals surface area (Å²) in [6.07, 6.45) is 3.91. The SMILES string of the molecule is Cc1cc(C)c2c(c1)nc(NCCN1CCCCC1)n[n+]2[O-]. The third-order valence-corrected chi connectivity index (χ3v) is 4.19. The van der Waals surface area contributed by atoms with E-state index in [1.165, 1.54) is 32.4 Å². The van der Waals surface area contributed by atoms with Gasteiger partial charge in [-0.05, 0) is 62.3 Å². The molecule has 0 atom stereocenters. The van der Waals surface area contributed by atoms with Crippen LogP contribution in [-0.2, 0) is 0 Å². The van der Waals surface area contributed by atoms with Crippen molar-refractivity contribution >= 4 is 17.0 Å². The van der Waals surface area contributed by atoms with Crippen LogP contribution in [0.4, 0.5) is 5.95 Å². The fraction of sp³-hybridized carbons (Fsp3) is 0.562. The third kappa shape index (κ3) is 3.27. The lowest BCUT2D eigenvalue weighted by molar-refractivity contribution is -0.641. The molecule has 1 saturated heterocycles. The van der Waals surface area contributed by atoms with E-state index in [4.69, 9.17) is 0 Å². The standard InChI is InChI=1S/C16H23N5O/c1-12-10-13(2)15-14(11-12)18-16(19-21(15)22)17-6-9-20-7-4-3-5-8-20/h10-11H,3-9H2,1-2H3,(H,17,18,19). The molecule has 0 aliphatic carbocycles. The van der Waals surface area contributed by atoms with Gasteiger partial charge in [-0.1, -0.05) is 6.42 Å². The average molecular weight is 301 g/mol. The van der Waals surface area contributed by atoms with Crippen molar-refractivity contribution in [2.75, 3.05) is 31.5 Å². The predicted molar refractivity (Wildman–Crippen MR) is 86.8 cm³/mol. The molecule has 6 nitrogen and oxygen atoms in total. The number of nitrogens with one attached hydrogen (secondary N) is 1. The molecule has 1 aromatic heterocycles. The summed E-state index contributed by atoms with van der Waals surface area (Å²) in [5.74, 6) is 0.407. The summed E-state index contributed by atoms with van der Waals surface area (Å²) in [5, 5.41) is 19.3. The summed E-state index contributed by atoms with van der Waals surface area (Å²) in [6.45, 7) is 7.98. The summed E-state index contributed by atoms with van der Waals surface area (Å²) in [7, 11) is 0. The van der Waals surface area contributed by atoms with Gasteiger partial charge < -0.3 is 15.4 Å². The first-order chi connectivity index (χ1) is 10.6. The Kier molecular flexibility index (Phi) is 4.38. The van der Waals surface area contributed by atoms with E-state index in [-0.39, 0.29) is 0 Å². The second-order valence-electron chi connectivity index (χ2n) is 6.09. The number of aryl methyl sites for hydroxylation is 2. The van der Waals surface area contributed by atoms with Gasteiger partial charge in [0.2, 0.25) is 0 Å². The number of likely N-dealkylation sites (tertiary alicyclic amines) is 1. The minimum absolute atomic E-state index is 0.407. The van der Waals surface area contributed by atoms with E-state index in [0.29, 0.717) is 21.8 Å². The van der Waals surface area contributed by atoms with Gasteiger partial charge in [0.1, 0.15) is 5.52 Å². The highest BCUT2D eigenvalue weighted by atomic mass is 16.5. The van der Waals surface area contributed by atoms with Crippen LogP contribution in [-0.4, -0.2) is 41.2 Å². The molecule has 0 unspecified atom stereocenters. The number of benzene rings is 1. The highest BCUT2D eigenvalue weighted by Gasteiger charge is 2.14. The molecule has 0 saturated carbocycles. The van der Waals surface area contributed by atoms with Crippen molar-refractivity contribution in [1.82, 2.24) is 15.0 Å². The van der Waals surface area contributed by atoms with Crippen LogP contribution in [0.25, 0.3) is 11.0 Å². The topological polar surface area (TPSA) is 68.0 Å². The number of hydrogen-bond donors (Lipinski definition) is 1. The van der Waals surface area contributed by atoms with E-state index in [9.17, 15) is 5.21 Å². The van der Waals surface area contributed by atoms with Crippen LogP contribution in [0.3, 0.4) is 0 Å². The molecule has 1 fully saturated rings. The first-order valence-corrected chi connectivity index (χ1v) is 7.98. The molecule has 0 spiro atoms. The van der Waals surface area contributed by atoms with E-state index in [0.717, 1.165) is 24.2 Å². The number of nitrogens with zero attached hydrogens (tertiary/aromatic N) is 4. The molecule has 1 aliphatic rings. The molecule has 1 aromatic carbocycles. The molecule has 0 radical (unpaired) electrons. The molecule has 0 bridgehead atoms. The zero-order valence-electron chi connectivity index (χ0n) is 13.3. The number of anilines is 1. The van der Waals surface area contributed by atoms with Crippen molar-refractivity contribution in [2.24, 2.45) is 0 Å². The normalized spacial score (nSPS) is 16.1. The molecule has 2 aromatic rings. The third-order valence-electron chi connectivity index (χ3n) is 4.19. The van der Waals surface area contributed by atoms with E-state index in [1.54, 1.807) is 0 Å². The van der Waals surface area contributed by atoms with Crippen LogP contribution < -0.4 is 10.2 Å². The van der Waals surface area contributed by atoms with Crippen LogP contribution in [0, 0.1) is 19.1 Å². The Morgan fingerprint density at radius 2 is 2.00 bits per heavy atom. The molecule has 1 N–H and O–H groups in total. The Hall–Kier alpha value is -1.95. The van der Waals surface area contributed by atoms with Gasteiger partial charge in [-0.2, -0.15) is 0 Å². The molecule has 22 heavy (non-hydrogen) atoms. The summed E-state index contributed by atoms with van der Waals surface area (Å²) >= 11 is 0. The van der Waals surface area contributed by atoms with Gasteiger partial charge in [-0.3, -0.25) is 0 Å². The second kappa shape index (κ2) is 6.44. The van der Waals surface area contributed by atoms with Crippen LogP contribution in [0.2, 0.25) is 0 Å². The van der Waals surface area contributed by atoms with Crippen molar-refractivity contribution in [3.8, 4) is 0 Å². The number of fused-ring (bicyclic) bond motifs is 1. The maximum Gasteiger partial charge on any atom is 0.290 e. The van der Waals surface area contributed by atoms with Crippen LogP contribution >= 0.6 is 0 Å². The van der Waals surface area contributed by atoms with Gasteiger partial charge in [-0.25, -0.2) is 4.98 Å². The van der Waals surface area contributed by atoms with Gasteiger partial charge in [0.25, 0.3) is 11.5 Å². The lowest BCUT2D eigenvalue weighted by Gasteiger charge is -2.26. The maximum atomic E-state index is 12.1. The molecule has 2 heterocycles. The lowest BCUT2D eigenvalue weighted by atomic mass is 10.1. The fourth-order valence-corrected chi connectivity index (χ4v) is 3.13. The summed E-state index contributed by atoms with van der Waals surface area (Å²) < 4.78 is 0. The van der Waals surface area contributed by atoms with Gasteiger partial charge in [0, 0.05) is 18.7 Å². The lowest BCUT2D eigenvalue weighted by Crippen LogP contribution is -2.36. The van der Waals surface area contributed by atoms with E-state index in [2.05, 4.69) is 20.3 Å². The van der Waals surface area contributed by atoms with Gasteiger partial charge in [0.15, 0.2) is 0 Å². The largest absolute Gasteiger partial charge is 0.594 e. The van der Waals surface area contributed by atoms with Gasteiger partial charge in [-0.15, -0.1) is 0 Å². The Balaban J connectivity index is 1.71. The van der Waals surface area contributed by atoms with Gasteiger partial charge >= 0.3 is 0 Å². The minimum atomic E-state index is 0.407.